The molecule has 2 N–H and O–H groups in total. The molecule has 0 atom stereocenters. The highest BCUT2D eigenvalue weighted by molar-refractivity contribution is 6.23. The number of nitrogens with one attached hydrogen (secondary N) is 1. The number of ether oxygens (including phenoxy) is 1. The number of aromatic nitrogens is 1. The Labute approximate surface area is 204 Å². The summed E-state index contributed by atoms with van der Waals surface area (Å²) in [7, 11) is 1.37. The number of para-hydroxylation sites is 1. The molecule has 4 rings (SSSR count). The summed E-state index contributed by atoms with van der Waals surface area (Å²) in [6, 6.07) is 15.9. The maximum atomic E-state index is 13.0. The van der Waals surface area contributed by atoms with Crippen molar-refractivity contribution in [3.8, 4) is 0 Å². The Hall–Kier alpha value is -3.74. The molecule has 0 fully saturated rings. The van der Waals surface area contributed by atoms with E-state index in [1.54, 1.807) is 0 Å². The zero-order chi connectivity index (χ0) is 25.0. The molecule has 1 aliphatic carbocycles. The van der Waals surface area contributed by atoms with Gasteiger partial charge in [0.25, 0.3) is 0 Å². The van der Waals surface area contributed by atoms with E-state index in [-0.39, 0.29) is 28.5 Å². The lowest BCUT2D eigenvalue weighted by atomic mass is 9.75. The summed E-state index contributed by atoms with van der Waals surface area (Å²) in [6.45, 7) is 3.93. The Morgan fingerprint density at radius 3 is 2.40 bits per heavy atom. The van der Waals surface area contributed by atoms with Gasteiger partial charge in [-0.2, -0.15) is 5.10 Å². The number of methoxy groups -OCH3 is 1. The van der Waals surface area contributed by atoms with Crippen LogP contribution in [-0.4, -0.2) is 34.7 Å². The largest absolute Gasteiger partial charge is 0.511 e. The molecule has 0 amide bonds. The summed E-state index contributed by atoms with van der Waals surface area (Å²) in [6.07, 6.45) is 2.68. The topological polar surface area (TPSA) is 101 Å². The fourth-order valence-corrected chi connectivity index (χ4v) is 4.63. The Bertz CT molecular complexity index is 1340. The lowest BCUT2D eigenvalue weighted by Gasteiger charge is -2.30. The van der Waals surface area contributed by atoms with Crippen LogP contribution in [0.15, 0.2) is 65.0 Å². The van der Waals surface area contributed by atoms with Crippen molar-refractivity contribution in [1.82, 2.24) is 4.98 Å². The first-order valence-corrected chi connectivity index (χ1v) is 11.9. The van der Waals surface area contributed by atoms with Gasteiger partial charge in [-0.25, -0.2) is 4.98 Å². The number of allylic oxidation sites excluding steroid dienone is 2. The van der Waals surface area contributed by atoms with Gasteiger partial charge in [-0.15, -0.1) is 0 Å². The molecular formula is C28H31N3O4. The molecule has 1 aliphatic rings. The van der Waals surface area contributed by atoms with E-state index in [2.05, 4.69) is 10.5 Å². The molecule has 35 heavy (non-hydrogen) atoms. The van der Waals surface area contributed by atoms with E-state index in [0.717, 1.165) is 21.7 Å². The van der Waals surface area contributed by atoms with E-state index < -0.39 is 0 Å². The maximum Gasteiger partial charge on any atom is 0.305 e. The number of benzene rings is 2. The minimum atomic E-state index is -0.301. The molecule has 0 spiro atoms. The van der Waals surface area contributed by atoms with Gasteiger partial charge in [-0.3, -0.25) is 15.0 Å². The van der Waals surface area contributed by atoms with Crippen LogP contribution in [0.4, 0.5) is 5.82 Å². The first kappa shape index (κ1) is 24.4. The van der Waals surface area contributed by atoms with Crippen molar-refractivity contribution in [3.63, 3.8) is 0 Å². The van der Waals surface area contributed by atoms with E-state index >= 15 is 0 Å². The van der Waals surface area contributed by atoms with Crippen LogP contribution in [0.3, 0.4) is 0 Å². The highest BCUT2D eigenvalue weighted by Crippen LogP contribution is 2.37. The Kier molecular flexibility index (Phi) is 7.15. The fraction of sp³-hybridized carbons (Fsp3) is 0.357. The normalized spacial score (nSPS) is 16.1. The van der Waals surface area contributed by atoms with Crippen LogP contribution in [0.5, 0.6) is 0 Å². The molecule has 0 aliphatic heterocycles. The van der Waals surface area contributed by atoms with Gasteiger partial charge in [0.15, 0.2) is 11.6 Å². The number of hydrazone groups is 1. The maximum absolute atomic E-state index is 13.0. The Morgan fingerprint density at radius 1 is 1.03 bits per heavy atom. The van der Waals surface area contributed by atoms with Gasteiger partial charge in [0.05, 0.1) is 23.9 Å². The van der Waals surface area contributed by atoms with Crippen molar-refractivity contribution in [1.29, 1.82) is 0 Å². The summed E-state index contributed by atoms with van der Waals surface area (Å²) in [4.78, 5) is 29.3. The van der Waals surface area contributed by atoms with Crippen LogP contribution in [-0.2, 0) is 14.3 Å². The van der Waals surface area contributed by atoms with Crippen molar-refractivity contribution >= 4 is 45.0 Å². The third-order valence-electron chi connectivity index (χ3n) is 6.32. The summed E-state index contributed by atoms with van der Waals surface area (Å²) in [5.74, 6) is 0.251. The predicted molar refractivity (Wildman–Crippen MR) is 138 cm³/mol. The standard InChI is InChI=1S/C28H31N3O4/c1-28(2)16-23(32)26(24(33)17-28)22(14-8-9-15-25(34)35-3)30-31-27-20-12-5-4-10-18(20)19-11-6-7-13-21(19)29-27/h4-7,10-13,32H,8-9,14-17H2,1-3H3,(H,29,31)/b30-22+. The number of pyridine rings is 1. The molecule has 1 heterocycles. The number of rotatable bonds is 8. The average Bonchev–Trinajstić information content (AvgIpc) is 2.83. The number of Topliss-reactive ketones (excluding diaryl/α,β-unsaturated/α-hetero) is 1. The minimum Gasteiger partial charge on any atom is -0.511 e. The number of hydrogen-bond donors (Lipinski definition) is 2. The number of esters is 1. The second-order valence-electron chi connectivity index (χ2n) is 9.74. The van der Waals surface area contributed by atoms with Crippen LogP contribution in [0.1, 0.15) is 52.4 Å². The molecule has 2 aromatic carbocycles. The fourth-order valence-electron chi connectivity index (χ4n) is 4.63. The third kappa shape index (κ3) is 5.50. The Morgan fingerprint density at radius 2 is 1.69 bits per heavy atom. The number of nitrogens with zero attached hydrogens (tertiary/aromatic N) is 2. The van der Waals surface area contributed by atoms with Gasteiger partial charge in [0.1, 0.15) is 5.76 Å². The third-order valence-corrected chi connectivity index (χ3v) is 6.32. The number of hydrogen-bond acceptors (Lipinski definition) is 7. The number of ketones is 1. The molecule has 182 valence electrons. The molecule has 7 heteroatoms. The molecule has 0 bridgehead atoms. The zero-order valence-corrected chi connectivity index (χ0v) is 20.4. The van der Waals surface area contributed by atoms with Gasteiger partial charge >= 0.3 is 5.97 Å². The Balaban J connectivity index is 1.70. The molecule has 0 saturated carbocycles. The average molecular weight is 474 g/mol. The number of anilines is 1. The number of aliphatic hydroxyl groups excluding tert-OH is 1. The lowest BCUT2D eigenvalue weighted by molar-refractivity contribution is -0.140. The molecule has 0 saturated heterocycles. The van der Waals surface area contributed by atoms with Crippen LogP contribution in [0, 0.1) is 5.41 Å². The van der Waals surface area contributed by atoms with Crippen LogP contribution in [0.2, 0.25) is 0 Å². The first-order chi connectivity index (χ1) is 16.8. The second-order valence-corrected chi connectivity index (χ2v) is 9.74. The highest BCUT2D eigenvalue weighted by atomic mass is 16.5. The number of carbonyl (C=O) groups excluding carboxylic acids is 2. The van der Waals surface area contributed by atoms with E-state index in [0.29, 0.717) is 50.1 Å². The quantitative estimate of drug-likeness (QED) is 0.135. The van der Waals surface area contributed by atoms with Crippen molar-refractivity contribution in [2.45, 2.75) is 52.4 Å². The monoisotopic (exact) mass is 473 g/mol. The summed E-state index contributed by atoms with van der Waals surface area (Å²) in [5, 5.41) is 18.4. The van der Waals surface area contributed by atoms with Crippen molar-refractivity contribution in [2.75, 3.05) is 12.5 Å². The highest BCUT2D eigenvalue weighted by Gasteiger charge is 2.35. The van der Waals surface area contributed by atoms with Gasteiger partial charge in [-0.05, 0) is 36.1 Å². The van der Waals surface area contributed by atoms with E-state index in [9.17, 15) is 14.7 Å². The number of fused-ring (bicyclic) bond motifs is 3. The molecule has 7 nitrogen and oxygen atoms in total. The molecular weight excluding hydrogens is 442 g/mol. The number of unbranched alkanes of at least 4 members (excludes halogenated alkanes) is 1. The summed E-state index contributed by atoms with van der Waals surface area (Å²) >= 11 is 0. The molecule has 1 aromatic heterocycles. The number of aliphatic hydroxyl groups is 1. The smallest absolute Gasteiger partial charge is 0.305 e. The van der Waals surface area contributed by atoms with Crippen LogP contribution in [0.25, 0.3) is 21.7 Å². The SMILES string of the molecule is COC(=O)CCCC/C(=N\Nc1nc2ccccc2c2ccccc12)C1=C(O)CC(C)(C)CC1=O. The number of carbonyl (C=O) groups is 2. The predicted octanol–water partition coefficient (Wildman–Crippen LogP) is 6.09. The lowest BCUT2D eigenvalue weighted by Crippen LogP contribution is -2.29. The first-order valence-electron chi connectivity index (χ1n) is 11.9. The zero-order valence-electron chi connectivity index (χ0n) is 20.4. The van der Waals surface area contributed by atoms with E-state index in [4.69, 9.17) is 9.72 Å². The van der Waals surface area contributed by atoms with Crippen molar-refractivity contribution in [3.05, 3.63) is 59.9 Å². The molecule has 3 aromatic rings. The van der Waals surface area contributed by atoms with Crippen molar-refractivity contribution in [2.24, 2.45) is 10.5 Å². The molecule has 0 unspecified atom stereocenters. The summed E-state index contributed by atoms with van der Waals surface area (Å²) in [5.41, 5.74) is 4.38. The van der Waals surface area contributed by atoms with E-state index in [1.165, 1.54) is 7.11 Å². The van der Waals surface area contributed by atoms with Gasteiger partial charge in [0.2, 0.25) is 0 Å². The minimum absolute atomic E-state index is 0.0658. The van der Waals surface area contributed by atoms with Crippen LogP contribution < -0.4 is 5.43 Å². The van der Waals surface area contributed by atoms with Crippen LogP contribution >= 0.6 is 0 Å². The van der Waals surface area contributed by atoms with Gasteiger partial charge in [0, 0.05) is 30.0 Å². The second kappa shape index (κ2) is 10.3. The van der Waals surface area contributed by atoms with E-state index in [1.807, 2.05) is 62.4 Å². The van der Waals surface area contributed by atoms with Crippen molar-refractivity contribution < 1.29 is 19.4 Å². The molecule has 0 radical (unpaired) electrons. The summed E-state index contributed by atoms with van der Waals surface area (Å²) < 4.78 is 4.72. The van der Waals surface area contributed by atoms with Gasteiger partial charge < -0.3 is 9.84 Å². The van der Waals surface area contributed by atoms with Gasteiger partial charge in [-0.1, -0.05) is 56.3 Å².